The molecule has 0 aliphatic rings. The molecule has 0 saturated heterocycles. The van der Waals surface area contributed by atoms with Crippen molar-refractivity contribution in [2.75, 3.05) is 0 Å². The summed E-state index contributed by atoms with van der Waals surface area (Å²) in [4.78, 5) is 11.3. The lowest BCUT2D eigenvalue weighted by atomic mass is 10.1. The fourth-order valence-corrected chi connectivity index (χ4v) is 1.05. The zero-order valence-corrected chi connectivity index (χ0v) is 8.83. The Bertz CT molecular complexity index is 286. The van der Waals surface area contributed by atoms with Crippen LogP contribution < -0.4 is 0 Å². The van der Waals surface area contributed by atoms with Crippen LogP contribution in [0.1, 0.15) is 32.8 Å². The monoisotopic (exact) mass is 196 g/mol. The Hall–Kier alpha value is -1.32. The number of carbonyl (C=O) groups excluding carboxylic acids is 1. The summed E-state index contributed by atoms with van der Waals surface area (Å²) in [5, 5.41) is 6.50. The third-order valence-corrected chi connectivity index (χ3v) is 1.59. The van der Waals surface area contributed by atoms with Gasteiger partial charge in [-0.25, -0.2) is 0 Å². The molecule has 1 aromatic rings. The summed E-state index contributed by atoms with van der Waals surface area (Å²) in [6, 6.07) is 0. The van der Waals surface area contributed by atoms with E-state index in [1.807, 2.05) is 20.8 Å². The Morgan fingerprint density at radius 2 is 2.29 bits per heavy atom. The van der Waals surface area contributed by atoms with Gasteiger partial charge in [0.15, 0.2) is 0 Å². The highest BCUT2D eigenvalue weighted by Gasteiger charge is 2.15. The molecule has 0 bridgehead atoms. The molecule has 4 heteroatoms. The molecule has 1 N–H and O–H groups in total. The van der Waals surface area contributed by atoms with E-state index in [9.17, 15) is 4.79 Å². The lowest BCUT2D eigenvalue weighted by Gasteiger charge is -2.19. The quantitative estimate of drug-likeness (QED) is 0.748. The molecule has 0 radical (unpaired) electrons. The predicted molar refractivity (Wildman–Crippen MR) is 52.8 cm³/mol. The largest absolute Gasteiger partial charge is 0.460 e. The first kappa shape index (κ1) is 10.8. The van der Waals surface area contributed by atoms with Crippen LogP contribution in [0.15, 0.2) is 12.4 Å². The van der Waals surface area contributed by atoms with Gasteiger partial charge in [0, 0.05) is 12.6 Å². The maximum atomic E-state index is 11.3. The fourth-order valence-electron chi connectivity index (χ4n) is 1.05. The van der Waals surface area contributed by atoms with Gasteiger partial charge >= 0.3 is 5.97 Å². The first-order valence-corrected chi connectivity index (χ1v) is 4.67. The van der Waals surface area contributed by atoms with Gasteiger partial charge in [0.05, 0.1) is 6.20 Å². The van der Waals surface area contributed by atoms with Crippen molar-refractivity contribution in [3.05, 3.63) is 18.0 Å². The summed E-state index contributed by atoms with van der Waals surface area (Å²) in [7, 11) is 0. The molecule has 0 saturated carbocycles. The Labute approximate surface area is 83.7 Å². The normalized spacial score (nSPS) is 11.4. The van der Waals surface area contributed by atoms with E-state index in [2.05, 4.69) is 10.2 Å². The Morgan fingerprint density at radius 1 is 1.57 bits per heavy atom. The summed E-state index contributed by atoms with van der Waals surface area (Å²) in [5.41, 5.74) is 0.629. The molecular weight excluding hydrogens is 180 g/mol. The fraction of sp³-hybridized carbons (Fsp3) is 0.600. The molecule has 0 atom stereocenters. The van der Waals surface area contributed by atoms with Crippen LogP contribution in [0.25, 0.3) is 0 Å². The summed E-state index contributed by atoms with van der Waals surface area (Å²) in [6.07, 6.45) is 4.57. The van der Waals surface area contributed by atoms with Gasteiger partial charge in [-0.3, -0.25) is 9.89 Å². The molecule has 0 unspecified atom stereocenters. The Kier molecular flexibility index (Phi) is 3.28. The first-order chi connectivity index (χ1) is 6.47. The van der Waals surface area contributed by atoms with Gasteiger partial charge in [-0.05, 0) is 32.8 Å². The first-order valence-electron chi connectivity index (χ1n) is 4.67. The van der Waals surface area contributed by atoms with E-state index in [-0.39, 0.29) is 5.97 Å². The predicted octanol–water partition coefficient (Wildman–Crippen LogP) is 1.68. The minimum Gasteiger partial charge on any atom is -0.460 e. The molecule has 0 amide bonds. The highest BCUT2D eigenvalue weighted by atomic mass is 16.6. The van der Waals surface area contributed by atoms with Crippen molar-refractivity contribution in [2.24, 2.45) is 0 Å². The van der Waals surface area contributed by atoms with Crippen molar-refractivity contribution >= 4 is 5.97 Å². The van der Waals surface area contributed by atoms with Crippen molar-refractivity contribution in [3.63, 3.8) is 0 Å². The summed E-state index contributed by atoms with van der Waals surface area (Å²) in [5.74, 6) is -0.168. The average molecular weight is 196 g/mol. The van der Waals surface area contributed by atoms with E-state index in [1.165, 1.54) is 0 Å². The molecule has 0 aliphatic carbocycles. The van der Waals surface area contributed by atoms with E-state index in [4.69, 9.17) is 4.74 Å². The average Bonchev–Trinajstić information content (AvgIpc) is 2.49. The van der Waals surface area contributed by atoms with Gasteiger partial charge in [-0.15, -0.1) is 0 Å². The molecule has 0 spiro atoms. The molecule has 1 heterocycles. The van der Waals surface area contributed by atoms with E-state index >= 15 is 0 Å². The van der Waals surface area contributed by atoms with Crippen LogP contribution in [-0.2, 0) is 16.0 Å². The van der Waals surface area contributed by atoms with E-state index in [0.29, 0.717) is 12.8 Å². The van der Waals surface area contributed by atoms with Crippen LogP contribution in [0, 0.1) is 0 Å². The highest BCUT2D eigenvalue weighted by molar-refractivity contribution is 5.70. The van der Waals surface area contributed by atoms with Gasteiger partial charge in [0.25, 0.3) is 0 Å². The van der Waals surface area contributed by atoms with Crippen molar-refractivity contribution in [1.82, 2.24) is 10.2 Å². The summed E-state index contributed by atoms with van der Waals surface area (Å²) in [6.45, 7) is 5.59. The number of esters is 1. The number of nitrogens with one attached hydrogen (secondary N) is 1. The molecule has 78 valence electrons. The van der Waals surface area contributed by atoms with Gasteiger partial charge in [-0.2, -0.15) is 5.10 Å². The zero-order valence-electron chi connectivity index (χ0n) is 8.83. The van der Waals surface area contributed by atoms with Crippen LogP contribution in [0.2, 0.25) is 0 Å². The van der Waals surface area contributed by atoms with Crippen molar-refractivity contribution in [3.8, 4) is 0 Å². The number of rotatable bonds is 3. The number of aromatic nitrogens is 2. The maximum absolute atomic E-state index is 11.3. The van der Waals surface area contributed by atoms with Crippen LogP contribution in [0.3, 0.4) is 0 Å². The Balaban J connectivity index is 2.29. The molecule has 0 aromatic carbocycles. The third kappa shape index (κ3) is 4.07. The third-order valence-electron chi connectivity index (χ3n) is 1.59. The second-order valence-electron chi connectivity index (χ2n) is 4.19. The lowest BCUT2D eigenvalue weighted by Crippen LogP contribution is -2.23. The van der Waals surface area contributed by atoms with Crippen molar-refractivity contribution in [2.45, 2.75) is 39.2 Å². The molecule has 4 nitrogen and oxygen atoms in total. The molecule has 1 aromatic heterocycles. The second-order valence-corrected chi connectivity index (χ2v) is 4.19. The van der Waals surface area contributed by atoms with E-state index in [1.54, 1.807) is 12.4 Å². The number of hydrogen-bond donors (Lipinski definition) is 1. The van der Waals surface area contributed by atoms with Gasteiger partial charge in [0.2, 0.25) is 0 Å². The minimum absolute atomic E-state index is 0.168. The van der Waals surface area contributed by atoms with E-state index < -0.39 is 5.60 Å². The Morgan fingerprint density at radius 3 is 2.79 bits per heavy atom. The molecule has 0 aliphatic heterocycles. The molecule has 1 rings (SSSR count). The van der Waals surface area contributed by atoms with Crippen molar-refractivity contribution in [1.29, 1.82) is 0 Å². The summed E-state index contributed by atoms with van der Waals surface area (Å²) < 4.78 is 5.17. The van der Waals surface area contributed by atoms with Gasteiger partial charge < -0.3 is 4.74 Å². The second kappa shape index (κ2) is 4.26. The van der Waals surface area contributed by atoms with E-state index in [0.717, 1.165) is 5.56 Å². The molecule has 14 heavy (non-hydrogen) atoms. The maximum Gasteiger partial charge on any atom is 0.306 e. The van der Waals surface area contributed by atoms with Crippen LogP contribution in [-0.4, -0.2) is 21.8 Å². The van der Waals surface area contributed by atoms with Crippen LogP contribution in [0.4, 0.5) is 0 Å². The number of aromatic amines is 1. The zero-order chi connectivity index (χ0) is 10.6. The number of aryl methyl sites for hydroxylation is 1. The van der Waals surface area contributed by atoms with Gasteiger partial charge in [0.1, 0.15) is 5.60 Å². The number of ether oxygens (including phenoxy) is 1. The highest BCUT2D eigenvalue weighted by Crippen LogP contribution is 2.09. The number of hydrogen-bond acceptors (Lipinski definition) is 3. The standard InChI is InChI=1S/C10H16N2O2/c1-10(2,3)14-9(13)5-4-8-6-11-12-7-8/h6-7H,4-5H2,1-3H3,(H,11,12). The lowest BCUT2D eigenvalue weighted by molar-refractivity contribution is -0.154. The number of nitrogens with zero attached hydrogens (tertiary/aromatic N) is 1. The summed E-state index contributed by atoms with van der Waals surface area (Å²) >= 11 is 0. The van der Waals surface area contributed by atoms with Gasteiger partial charge in [-0.1, -0.05) is 0 Å². The minimum atomic E-state index is -0.395. The SMILES string of the molecule is CC(C)(C)OC(=O)CCc1cn[nH]c1. The smallest absolute Gasteiger partial charge is 0.306 e. The molecular formula is C10H16N2O2. The number of carbonyl (C=O) groups is 1. The van der Waals surface area contributed by atoms with Crippen molar-refractivity contribution < 1.29 is 9.53 Å². The topological polar surface area (TPSA) is 55.0 Å². The van der Waals surface area contributed by atoms with Crippen LogP contribution >= 0.6 is 0 Å². The molecule has 0 fully saturated rings. The number of H-pyrrole nitrogens is 1. The van der Waals surface area contributed by atoms with Crippen LogP contribution in [0.5, 0.6) is 0 Å².